The lowest BCUT2D eigenvalue weighted by atomic mass is 9.75. The number of hydrogen-bond acceptors (Lipinski definition) is 3. The lowest BCUT2D eigenvalue weighted by Crippen LogP contribution is -2.50. The number of carbonyl (C=O) groups is 1. The number of benzene rings is 2. The number of unbranched alkanes of at least 4 members (excludes halogenated alkanes) is 1. The van der Waals surface area contributed by atoms with E-state index in [-0.39, 0.29) is 5.97 Å². The minimum Gasteiger partial charge on any atom is -0.451 e. The topological polar surface area (TPSA) is 35.5 Å². The normalized spacial score (nSPS) is 15.8. The van der Waals surface area contributed by atoms with E-state index in [1.165, 1.54) is 6.92 Å². The molecule has 0 N–H and O–H groups in total. The highest BCUT2D eigenvalue weighted by Crippen LogP contribution is 2.46. The molecule has 3 nitrogen and oxygen atoms in total. The Bertz CT molecular complexity index is 668. The number of hydrogen-bond donors (Lipinski definition) is 0. The van der Waals surface area contributed by atoms with Crippen LogP contribution < -0.4 is 0 Å². The maximum absolute atomic E-state index is 12.0. The van der Waals surface area contributed by atoms with Crippen LogP contribution in [0.3, 0.4) is 0 Å². The van der Waals surface area contributed by atoms with Crippen molar-refractivity contribution in [2.75, 3.05) is 6.61 Å². The highest BCUT2D eigenvalue weighted by Gasteiger charge is 2.51. The van der Waals surface area contributed by atoms with Gasteiger partial charge in [0.05, 0.1) is 0 Å². The van der Waals surface area contributed by atoms with Gasteiger partial charge in [-0.05, 0) is 31.4 Å². The molecule has 0 fully saturated rings. The average Bonchev–Trinajstić information content (AvgIpc) is 2.62. The summed E-state index contributed by atoms with van der Waals surface area (Å²) in [5, 5.41) is 0. The van der Waals surface area contributed by atoms with E-state index in [1.54, 1.807) is 0 Å². The van der Waals surface area contributed by atoms with Crippen molar-refractivity contribution in [2.24, 2.45) is 0 Å². The molecule has 2 atom stereocenters. The summed E-state index contributed by atoms with van der Waals surface area (Å²) in [5.74, 6) is -0.326. The first-order valence-electron chi connectivity index (χ1n) is 8.88. The SMILES string of the molecule is CCCCOC(C)(c1ccccc1)C(C)(OC(C)=O)c1ccccc1. The van der Waals surface area contributed by atoms with Gasteiger partial charge in [0, 0.05) is 13.5 Å². The summed E-state index contributed by atoms with van der Waals surface area (Å²) in [5.41, 5.74) is 0.137. The van der Waals surface area contributed by atoms with Gasteiger partial charge < -0.3 is 9.47 Å². The summed E-state index contributed by atoms with van der Waals surface area (Å²) in [6.07, 6.45) is 1.99. The van der Waals surface area contributed by atoms with E-state index in [1.807, 2.05) is 74.5 Å². The van der Waals surface area contributed by atoms with Gasteiger partial charge in [0.25, 0.3) is 0 Å². The van der Waals surface area contributed by atoms with E-state index >= 15 is 0 Å². The van der Waals surface area contributed by atoms with Gasteiger partial charge in [-0.25, -0.2) is 0 Å². The Morgan fingerprint density at radius 2 is 1.36 bits per heavy atom. The molecule has 134 valence electrons. The third kappa shape index (κ3) is 4.10. The molecule has 2 aromatic rings. The van der Waals surface area contributed by atoms with E-state index in [0.29, 0.717) is 6.61 Å². The first kappa shape index (κ1) is 19.2. The van der Waals surface area contributed by atoms with Gasteiger partial charge in [0.1, 0.15) is 5.60 Å². The van der Waals surface area contributed by atoms with Gasteiger partial charge in [-0.15, -0.1) is 0 Å². The van der Waals surface area contributed by atoms with Crippen molar-refractivity contribution < 1.29 is 14.3 Å². The second kappa shape index (κ2) is 8.30. The molecule has 0 amide bonds. The van der Waals surface area contributed by atoms with E-state index in [2.05, 4.69) is 6.92 Å². The molecule has 0 aliphatic rings. The maximum atomic E-state index is 12.0. The largest absolute Gasteiger partial charge is 0.451 e. The zero-order chi connectivity index (χ0) is 18.3. The highest BCUT2D eigenvalue weighted by molar-refractivity contribution is 5.67. The Balaban J connectivity index is 2.58. The minimum absolute atomic E-state index is 0.326. The summed E-state index contributed by atoms with van der Waals surface area (Å²) in [6.45, 7) is 8.12. The monoisotopic (exact) mass is 340 g/mol. The van der Waals surface area contributed by atoms with E-state index in [0.717, 1.165) is 24.0 Å². The van der Waals surface area contributed by atoms with Crippen LogP contribution >= 0.6 is 0 Å². The third-order valence-electron chi connectivity index (χ3n) is 4.80. The predicted molar refractivity (Wildman–Crippen MR) is 100 cm³/mol. The molecule has 0 saturated heterocycles. The molecule has 2 unspecified atom stereocenters. The van der Waals surface area contributed by atoms with Gasteiger partial charge in [0.15, 0.2) is 5.60 Å². The second-order valence-corrected chi connectivity index (χ2v) is 6.59. The fourth-order valence-corrected chi connectivity index (χ4v) is 3.15. The van der Waals surface area contributed by atoms with Crippen molar-refractivity contribution in [3.63, 3.8) is 0 Å². The predicted octanol–water partition coefficient (Wildman–Crippen LogP) is 5.20. The summed E-state index contributed by atoms with van der Waals surface area (Å²) < 4.78 is 12.3. The van der Waals surface area contributed by atoms with Crippen molar-refractivity contribution in [1.82, 2.24) is 0 Å². The fraction of sp³-hybridized carbons (Fsp3) is 0.409. The van der Waals surface area contributed by atoms with Gasteiger partial charge in [-0.3, -0.25) is 4.79 Å². The molecule has 0 spiro atoms. The smallest absolute Gasteiger partial charge is 0.303 e. The highest BCUT2D eigenvalue weighted by atomic mass is 16.6. The molecule has 0 heterocycles. The molecule has 0 radical (unpaired) electrons. The molecule has 0 aromatic heterocycles. The van der Waals surface area contributed by atoms with Crippen molar-refractivity contribution in [3.05, 3.63) is 71.8 Å². The molecule has 0 saturated carbocycles. The van der Waals surface area contributed by atoms with Gasteiger partial charge in [-0.2, -0.15) is 0 Å². The van der Waals surface area contributed by atoms with Crippen LogP contribution in [0.5, 0.6) is 0 Å². The standard InChI is InChI=1S/C22H28O3/c1-5-6-17-24-21(3,19-13-9-7-10-14-19)22(4,25-18(2)23)20-15-11-8-12-16-20/h7-16H,5-6,17H2,1-4H3. The molecular weight excluding hydrogens is 312 g/mol. The number of esters is 1. The van der Waals surface area contributed by atoms with Gasteiger partial charge >= 0.3 is 5.97 Å². The maximum Gasteiger partial charge on any atom is 0.303 e. The first-order valence-corrected chi connectivity index (χ1v) is 8.88. The molecule has 0 aliphatic heterocycles. The lowest BCUT2D eigenvalue weighted by molar-refractivity contribution is -0.209. The molecule has 25 heavy (non-hydrogen) atoms. The van der Waals surface area contributed by atoms with Crippen LogP contribution in [-0.4, -0.2) is 12.6 Å². The number of rotatable bonds is 8. The van der Waals surface area contributed by atoms with Crippen LogP contribution in [0.2, 0.25) is 0 Å². The van der Waals surface area contributed by atoms with Crippen molar-refractivity contribution in [2.45, 2.75) is 51.7 Å². The molecule has 3 heteroatoms. The number of carbonyl (C=O) groups excluding carboxylic acids is 1. The van der Waals surface area contributed by atoms with Crippen LogP contribution in [0.15, 0.2) is 60.7 Å². The average molecular weight is 340 g/mol. The molecular formula is C22H28O3. The summed E-state index contributed by atoms with van der Waals surface area (Å²) in [7, 11) is 0. The molecule has 0 aliphatic carbocycles. The van der Waals surface area contributed by atoms with Crippen LogP contribution in [0.25, 0.3) is 0 Å². The van der Waals surface area contributed by atoms with Crippen molar-refractivity contribution >= 4 is 5.97 Å². The summed E-state index contributed by atoms with van der Waals surface area (Å²) in [6, 6.07) is 19.8. The summed E-state index contributed by atoms with van der Waals surface area (Å²) >= 11 is 0. The lowest BCUT2D eigenvalue weighted by Gasteiger charge is -2.46. The van der Waals surface area contributed by atoms with Crippen LogP contribution in [0, 0.1) is 0 Å². The van der Waals surface area contributed by atoms with Crippen molar-refractivity contribution in [3.8, 4) is 0 Å². The molecule has 2 rings (SSSR count). The molecule has 0 bridgehead atoms. The molecule has 2 aromatic carbocycles. The van der Waals surface area contributed by atoms with E-state index in [4.69, 9.17) is 9.47 Å². The van der Waals surface area contributed by atoms with Crippen molar-refractivity contribution in [1.29, 1.82) is 0 Å². The Kier molecular flexibility index (Phi) is 6.38. The zero-order valence-corrected chi connectivity index (χ0v) is 15.6. The van der Waals surface area contributed by atoms with Crippen LogP contribution in [0.4, 0.5) is 0 Å². The minimum atomic E-state index is -0.949. The second-order valence-electron chi connectivity index (χ2n) is 6.59. The fourth-order valence-electron chi connectivity index (χ4n) is 3.15. The number of ether oxygens (including phenoxy) is 2. The van der Waals surface area contributed by atoms with E-state index in [9.17, 15) is 4.79 Å². The Labute approximate surface area is 151 Å². The summed E-state index contributed by atoms with van der Waals surface area (Å²) in [4.78, 5) is 12.0. The quantitative estimate of drug-likeness (QED) is 0.489. The first-order chi connectivity index (χ1) is 11.9. The van der Waals surface area contributed by atoms with Gasteiger partial charge in [-0.1, -0.05) is 74.0 Å². The van der Waals surface area contributed by atoms with Crippen LogP contribution in [0.1, 0.15) is 51.7 Å². The Morgan fingerprint density at radius 3 is 1.80 bits per heavy atom. The van der Waals surface area contributed by atoms with Crippen LogP contribution in [-0.2, 0) is 25.5 Å². The Hall–Kier alpha value is -2.13. The zero-order valence-electron chi connectivity index (χ0n) is 15.6. The Morgan fingerprint density at radius 1 is 0.880 bits per heavy atom. The third-order valence-corrected chi connectivity index (χ3v) is 4.80. The van der Waals surface area contributed by atoms with Gasteiger partial charge in [0.2, 0.25) is 0 Å². The van der Waals surface area contributed by atoms with E-state index < -0.39 is 11.2 Å².